The van der Waals surface area contributed by atoms with Crippen molar-refractivity contribution in [2.45, 2.75) is 19.4 Å². The van der Waals surface area contributed by atoms with Crippen molar-refractivity contribution >= 4 is 17.1 Å². The molecule has 0 saturated heterocycles. The minimum Gasteiger partial charge on any atom is -0.480 e. The van der Waals surface area contributed by atoms with Crippen LogP contribution in [0.3, 0.4) is 0 Å². The third-order valence-corrected chi connectivity index (χ3v) is 3.17. The Hall–Kier alpha value is -1.88. The molecule has 0 amide bonds. The quantitative estimate of drug-likeness (QED) is 0.873. The summed E-state index contributed by atoms with van der Waals surface area (Å²) in [4.78, 5) is 16.7. The number of carbonyl (C=O) groups is 1. The molecule has 0 fully saturated rings. The van der Waals surface area contributed by atoms with Gasteiger partial charge >= 0.3 is 5.97 Å². The van der Waals surface area contributed by atoms with E-state index < -0.39 is 12.0 Å². The number of hydrogen-bond donors (Lipinski definition) is 1. The first kappa shape index (κ1) is 12.6. The third-order valence-electron chi connectivity index (χ3n) is 3.17. The minimum absolute atomic E-state index is 0.473. The van der Waals surface area contributed by atoms with Crippen LogP contribution in [0.5, 0.6) is 0 Å². The van der Waals surface area contributed by atoms with Gasteiger partial charge in [-0.15, -0.1) is 0 Å². The number of carboxylic acids is 1. The molecular weight excluding hydrogens is 232 g/mol. The van der Waals surface area contributed by atoms with Crippen molar-refractivity contribution in [3.8, 4) is 0 Å². The van der Waals surface area contributed by atoms with Gasteiger partial charge in [-0.2, -0.15) is 0 Å². The predicted octanol–water partition coefficient (Wildman–Crippen LogP) is 1.78. The summed E-state index contributed by atoms with van der Waals surface area (Å²) in [5.41, 5.74) is 2.72. The van der Waals surface area contributed by atoms with E-state index in [0.717, 1.165) is 23.1 Å². The van der Waals surface area contributed by atoms with Crippen LogP contribution in [0, 0.1) is 0 Å². The average Bonchev–Trinajstić information content (AvgIpc) is 2.82. The molecule has 1 heterocycles. The Morgan fingerprint density at radius 2 is 2.33 bits per heavy atom. The molecule has 0 aliphatic carbocycles. The Balaban J connectivity index is 1.99. The van der Waals surface area contributed by atoms with Gasteiger partial charge in [0.1, 0.15) is 11.6 Å². The van der Waals surface area contributed by atoms with Crippen molar-refractivity contribution < 1.29 is 14.3 Å². The second-order valence-corrected chi connectivity index (χ2v) is 4.40. The van der Waals surface area contributed by atoms with Gasteiger partial charge < -0.3 is 9.52 Å². The summed E-state index contributed by atoms with van der Waals surface area (Å²) in [5.74, 6) is -0.803. The number of benzene rings is 1. The van der Waals surface area contributed by atoms with E-state index in [9.17, 15) is 4.79 Å². The fourth-order valence-corrected chi connectivity index (χ4v) is 1.74. The van der Waals surface area contributed by atoms with E-state index in [1.165, 1.54) is 6.39 Å². The Bertz CT molecular complexity index is 550. The molecule has 0 spiro atoms. The minimum atomic E-state index is -0.803. The summed E-state index contributed by atoms with van der Waals surface area (Å²) in [6.07, 6.45) is 2.21. The maximum atomic E-state index is 10.8. The van der Waals surface area contributed by atoms with Gasteiger partial charge in [0.15, 0.2) is 12.0 Å². The van der Waals surface area contributed by atoms with Crippen LogP contribution in [0.15, 0.2) is 29.0 Å². The van der Waals surface area contributed by atoms with Crippen LogP contribution in [0.1, 0.15) is 12.5 Å². The van der Waals surface area contributed by atoms with Crippen molar-refractivity contribution in [2.75, 3.05) is 13.6 Å². The highest BCUT2D eigenvalue weighted by Crippen LogP contribution is 2.15. The van der Waals surface area contributed by atoms with Crippen LogP contribution in [-0.2, 0) is 11.2 Å². The highest BCUT2D eigenvalue weighted by atomic mass is 16.4. The van der Waals surface area contributed by atoms with Crippen LogP contribution in [-0.4, -0.2) is 40.6 Å². The number of rotatable bonds is 5. The lowest BCUT2D eigenvalue weighted by Crippen LogP contribution is -2.37. The number of oxazole rings is 1. The highest BCUT2D eigenvalue weighted by molar-refractivity contribution is 5.73. The number of aromatic nitrogens is 1. The molecule has 0 aliphatic rings. The smallest absolute Gasteiger partial charge is 0.320 e. The first-order valence-corrected chi connectivity index (χ1v) is 5.83. The van der Waals surface area contributed by atoms with Gasteiger partial charge in [0.25, 0.3) is 0 Å². The molecule has 0 bridgehead atoms. The molecule has 1 unspecified atom stereocenters. The van der Waals surface area contributed by atoms with Crippen molar-refractivity contribution in [3.63, 3.8) is 0 Å². The van der Waals surface area contributed by atoms with Crippen molar-refractivity contribution in [1.82, 2.24) is 9.88 Å². The third kappa shape index (κ3) is 2.68. The summed E-state index contributed by atoms with van der Waals surface area (Å²) in [6, 6.07) is 5.37. The predicted molar refractivity (Wildman–Crippen MR) is 67.4 cm³/mol. The zero-order chi connectivity index (χ0) is 13.1. The van der Waals surface area contributed by atoms with E-state index in [-0.39, 0.29) is 0 Å². The highest BCUT2D eigenvalue weighted by Gasteiger charge is 2.16. The molecule has 1 aromatic heterocycles. The molecule has 5 nitrogen and oxygen atoms in total. The number of fused-ring (bicyclic) bond motifs is 1. The second-order valence-electron chi connectivity index (χ2n) is 4.40. The molecule has 96 valence electrons. The second kappa shape index (κ2) is 5.18. The SMILES string of the molecule is CC(C(=O)O)N(C)CCc1ccc2ncoc2c1. The fraction of sp³-hybridized carbons (Fsp3) is 0.385. The molecule has 2 aromatic rings. The summed E-state index contributed by atoms with van der Waals surface area (Å²) in [5, 5.41) is 8.90. The van der Waals surface area contributed by atoms with Gasteiger partial charge in [0, 0.05) is 6.54 Å². The van der Waals surface area contributed by atoms with E-state index in [2.05, 4.69) is 4.98 Å². The molecule has 1 aromatic carbocycles. The molecule has 1 N–H and O–H groups in total. The lowest BCUT2D eigenvalue weighted by atomic mass is 10.1. The van der Waals surface area contributed by atoms with E-state index >= 15 is 0 Å². The van der Waals surface area contributed by atoms with Crippen LogP contribution in [0.25, 0.3) is 11.1 Å². The monoisotopic (exact) mass is 248 g/mol. The Morgan fingerprint density at radius 3 is 3.06 bits per heavy atom. The fourth-order valence-electron chi connectivity index (χ4n) is 1.74. The average molecular weight is 248 g/mol. The Kier molecular flexibility index (Phi) is 3.62. The number of likely N-dealkylation sites (N-methyl/N-ethyl adjacent to an activating group) is 1. The Morgan fingerprint density at radius 1 is 1.56 bits per heavy atom. The number of aliphatic carboxylic acids is 1. The van der Waals surface area contributed by atoms with Gasteiger partial charge in [0.05, 0.1) is 0 Å². The van der Waals surface area contributed by atoms with Crippen LogP contribution >= 0.6 is 0 Å². The van der Waals surface area contributed by atoms with Gasteiger partial charge in [0.2, 0.25) is 0 Å². The lowest BCUT2D eigenvalue weighted by molar-refractivity contribution is -0.142. The maximum Gasteiger partial charge on any atom is 0.320 e. The maximum absolute atomic E-state index is 10.8. The normalized spacial score (nSPS) is 13.1. The Labute approximate surface area is 105 Å². The van der Waals surface area contributed by atoms with Crippen molar-refractivity contribution in [1.29, 1.82) is 0 Å². The zero-order valence-corrected chi connectivity index (χ0v) is 10.5. The van der Waals surface area contributed by atoms with Gasteiger partial charge in [-0.05, 0) is 38.1 Å². The van der Waals surface area contributed by atoms with Crippen LogP contribution < -0.4 is 0 Å². The van der Waals surface area contributed by atoms with Crippen molar-refractivity contribution in [2.24, 2.45) is 0 Å². The first-order chi connectivity index (χ1) is 8.58. The molecule has 18 heavy (non-hydrogen) atoms. The van der Waals surface area contributed by atoms with E-state index in [4.69, 9.17) is 9.52 Å². The summed E-state index contributed by atoms with van der Waals surface area (Å²) in [6.45, 7) is 2.37. The molecule has 2 rings (SSSR count). The van der Waals surface area contributed by atoms with Gasteiger partial charge in [-0.1, -0.05) is 6.07 Å². The zero-order valence-electron chi connectivity index (χ0n) is 10.5. The molecule has 0 saturated carbocycles. The molecular formula is C13H16N2O3. The van der Waals surface area contributed by atoms with Crippen LogP contribution in [0.2, 0.25) is 0 Å². The summed E-state index contributed by atoms with van der Waals surface area (Å²) < 4.78 is 5.23. The standard InChI is InChI=1S/C13H16N2O3/c1-9(13(16)17)15(2)6-5-10-3-4-11-12(7-10)18-8-14-11/h3-4,7-9H,5-6H2,1-2H3,(H,16,17). The van der Waals surface area contributed by atoms with Gasteiger partial charge in [-0.3, -0.25) is 9.69 Å². The summed E-state index contributed by atoms with van der Waals surface area (Å²) >= 11 is 0. The largest absolute Gasteiger partial charge is 0.480 e. The first-order valence-electron chi connectivity index (χ1n) is 5.83. The number of nitrogens with zero attached hydrogens (tertiary/aromatic N) is 2. The topological polar surface area (TPSA) is 66.6 Å². The van der Waals surface area contributed by atoms with E-state index in [1.807, 2.05) is 30.1 Å². The molecule has 0 aliphatic heterocycles. The summed E-state index contributed by atoms with van der Waals surface area (Å²) in [7, 11) is 1.81. The lowest BCUT2D eigenvalue weighted by Gasteiger charge is -2.20. The van der Waals surface area contributed by atoms with Crippen molar-refractivity contribution in [3.05, 3.63) is 30.2 Å². The number of carboxylic acid groups (broad SMARTS) is 1. The molecule has 5 heteroatoms. The van der Waals surface area contributed by atoms with E-state index in [0.29, 0.717) is 6.54 Å². The van der Waals surface area contributed by atoms with Crippen LogP contribution in [0.4, 0.5) is 0 Å². The molecule has 0 radical (unpaired) electrons. The van der Waals surface area contributed by atoms with E-state index in [1.54, 1.807) is 6.92 Å². The molecule has 1 atom stereocenters. The number of hydrogen-bond acceptors (Lipinski definition) is 4. The van der Waals surface area contributed by atoms with Gasteiger partial charge in [-0.25, -0.2) is 4.98 Å².